The lowest BCUT2D eigenvalue weighted by atomic mass is 10.1. The van der Waals surface area contributed by atoms with E-state index < -0.39 is 0 Å². The van der Waals surface area contributed by atoms with E-state index in [-0.39, 0.29) is 17.7 Å². The van der Waals surface area contributed by atoms with Crippen molar-refractivity contribution in [3.63, 3.8) is 0 Å². The zero-order valence-electron chi connectivity index (χ0n) is 18.6. The molecule has 2 aromatic rings. The van der Waals surface area contributed by atoms with Gasteiger partial charge in [-0.1, -0.05) is 30.3 Å². The summed E-state index contributed by atoms with van der Waals surface area (Å²) in [5, 5.41) is 13.0. The first-order chi connectivity index (χ1) is 15.0. The van der Waals surface area contributed by atoms with Gasteiger partial charge in [-0.05, 0) is 41.7 Å². The number of benzene rings is 2. The predicted molar refractivity (Wildman–Crippen MR) is 122 cm³/mol. The van der Waals surface area contributed by atoms with Crippen molar-refractivity contribution < 1.29 is 14.2 Å². The molecule has 1 fully saturated rings. The Morgan fingerprint density at radius 2 is 1.81 bits per heavy atom. The van der Waals surface area contributed by atoms with Crippen molar-refractivity contribution in [2.24, 2.45) is 4.99 Å². The van der Waals surface area contributed by atoms with Gasteiger partial charge in [-0.2, -0.15) is 0 Å². The molecule has 0 saturated carbocycles. The molecule has 0 spiro atoms. The Morgan fingerprint density at radius 1 is 1.16 bits per heavy atom. The summed E-state index contributed by atoms with van der Waals surface area (Å²) in [4.78, 5) is 8.69. The van der Waals surface area contributed by atoms with Crippen LogP contribution in [0.4, 0.5) is 4.39 Å². The number of aliphatic imine (C=N–C) groups is 1. The van der Waals surface area contributed by atoms with Crippen LogP contribution in [0.2, 0.25) is 0 Å². The zero-order valence-corrected chi connectivity index (χ0v) is 18.6. The number of guanidine groups is 1. The van der Waals surface area contributed by atoms with Gasteiger partial charge in [0.05, 0.1) is 13.2 Å². The molecule has 168 valence electrons. The third kappa shape index (κ3) is 6.67. The molecule has 31 heavy (non-hydrogen) atoms. The Balaban J connectivity index is 1.50. The Labute approximate surface area is 184 Å². The number of likely N-dealkylation sites (tertiary alicyclic amines) is 1. The largest absolute Gasteiger partial charge is 0.494 e. The fraction of sp³-hybridized carbons (Fsp3) is 0.458. The smallest absolute Gasteiger partial charge is 0.193 e. The molecule has 6 nitrogen and oxygen atoms in total. The second-order valence-electron chi connectivity index (χ2n) is 8.05. The van der Waals surface area contributed by atoms with Crippen LogP contribution in [0.1, 0.15) is 29.5 Å². The van der Waals surface area contributed by atoms with Gasteiger partial charge in [0.15, 0.2) is 17.5 Å². The number of nitrogens with one attached hydrogen (secondary N) is 1. The molecule has 1 saturated heterocycles. The Bertz CT molecular complexity index is 864. The molecule has 0 aromatic heterocycles. The SMILES string of the molecule is CN=C(NCc1ccc(CN2CCC(O)CC2)cc1)N(C)Cc1ccc(OC)c(F)c1. The standard InChI is InChI=1S/C24H33FN4O2/c1-26-24(28(2)16-20-8-9-23(31-3)22(25)14-20)27-15-18-4-6-19(7-5-18)17-29-12-10-21(30)11-13-29/h4-9,14,21,30H,10-13,15-17H2,1-3H3,(H,26,27). The van der Waals surface area contributed by atoms with E-state index in [1.165, 1.54) is 24.3 Å². The molecule has 0 unspecified atom stereocenters. The van der Waals surface area contributed by atoms with Crippen LogP contribution in [0, 0.1) is 5.82 Å². The summed E-state index contributed by atoms with van der Waals surface area (Å²) in [6.07, 6.45) is 1.58. The summed E-state index contributed by atoms with van der Waals surface area (Å²) >= 11 is 0. The number of hydrogen-bond donors (Lipinski definition) is 2. The van der Waals surface area contributed by atoms with E-state index in [0.29, 0.717) is 13.1 Å². The average molecular weight is 429 g/mol. The molecule has 2 aromatic carbocycles. The van der Waals surface area contributed by atoms with Crippen LogP contribution in [0.3, 0.4) is 0 Å². The van der Waals surface area contributed by atoms with Gasteiger partial charge in [0.2, 0.25) is 0 Å². The molecule has 7 heteroatoms. The number of ether oxygens (including phenoxy) is 1. The van der Waals surface area contributed by atoms with Crippen molar-refractivity contribution in [1.82, 2.24) is 15.1 Å². The minimum Gasteiger partial charge on any atom is -0.494 e. The minimum absolute atomic E-state index is 0.138. The fourth-order valence-corrected chi connectivity index (χ4v) is 3.82. The number of hydrogen-bond acceptors (Lipinski definition) is 4. The van der Waals surface area contributed by atoms with Gasteiger partial charge in [0.1, 0.15) is 0 Å². The van der Waals surface area contributed by atoms with E-state index >= 15 is 0 Å². The lowest BCUT2D eigenvalue weighted by molar-refractivity contribution is 0.0792. The van der Waals surface area contributed by atoms with Crippen LogP contribution in [0.5, 0.6) is 5.75 Å². The van der Waals surface area contributed by atoms with Gasteiger partial charge in [-0.15, -0.1) is 0 Å². The number of nitrogens with zero attached hydrogens (tertiary/aromatic N) is 3. The highest BCUT2D eigenvalue weighted by atomic mass is 19.1. The molecule has 0 bridgehead atoms. The molecule has 1 aliphatic heterocycles. The maximum absolute atomic E-state index is 13.9. The van der Waals surface area contributed by atoms with E-state index in [1.54, 1.807) is 13.1 Å². The summed E-state index contributed by atoms with van der Waals surface area (Å²) in [5.74, 6) is 0.625. The van der Waals surface area contributed by atoms with Crippen LogP contribution in [0.15, 0.2) is 47.5 Å². The first-order valence-electron chi connectivity index (χ1n) is 10.7. The summed E-state index contributed by atoms with van der Waals surface area (Å²) < 4.78 is 18.9. The van der Waals surface area contributed by atoms with E-state index in [1.807, 2.05) is 18.0 Å². The fourth-order valence-electron chi connectivity index (χ4n) is 3.82. The normalized spacial score (nSPS) is 15.7. The van der Waals surface area contributed by atoms with Gasteiger partial charge in [-0.25, -0.2) is 4.39 Å². The van der Waals surface area contributed by atoms with Crippen LogP contribution in [0.25, 0.3) is 0 Å². The highest BCUT2D eigenvalue weighted by molar-refractivity contribution is 5.79. The zero-order chi connectivity index (χ0) is 22.2. The maximum atomic E-state index is 13.9. The van der Waals surface area contributed by atoms with Crippen molar-refractivity contribution in [3.05, 3.63) is 65.0 Å². The van der Waals surface area contributed by atoms with Gasteiger partial charge < -0.3 is 20.1 Å². The number of methoxy groups -OCH3 is 1. The molecule has 1 aliphatic rings. The van der Waals surface area contributed by atoms with Crippen LogP contribution in [-0.2, 0) is 19.6 Å². The highest BCUT2D eigenvalue weighted by Gasteiger charge is 2.16. The first kappa shape index (κ1) is 23.0. The summed E-state index contributed by atoms with van der Waals surface area (Å²) in [6, 6.07) is 13.6. The summed E-state index contributed by atoms with van der Waals surface area (Å²) in [7, 11) is 5.13. The van der Waals surface area contributed by atoms with Gasteiger partial charge in [0, 0.05) is 46.8 Å². The second-order valence-corrected chi connectivity index (χ2v) is 8.05. The number of aliphatic hydroxyl groups excluding tert-OH is 1. The molecule has 0 aliphatic carbocycles. The van der Waals surface area contributed by atoms with Crippen LogP contribution < -0.4 is 10.1 Å². The van der Waals surface area contributed by atoms with Gasteiger partial charge in [-0.3, -0.25) is 9.89 Å². The Hall–Kier alpha value is -2.64. The van der Waals surface area contributed by atoms with Gasteiger partial charge >= 0.3 is 0 Å². The van der Waals surface area contributed by atoms with Crippen molar-refractivity contribution >= 4 is 5.96 Å². The highest BCUT2D eigenvalue weighted by Crippen LogP contribution is 2.18. The minimum atomic E-state index is -0.364. The summed E-state index contributed by atoms with van der Waals surface area (Å²) in [5.41, 5.74) is 3.30. The molecule has 1 heterocycles. The molecule has 0 atom stereocenters. The maximum Gasteiger partial charge on any atom is 0.193 e. The Morgan fingerprint density at radius 3 is 2.42 bits per heavy atom. The molecule has 0 amide bonds. The molecular formula is C24H33FN4O2. The monoisotopic (exact) mass is 428 g/mol. The number of aliphatic hydroxyl groups is 1. The van der Waals surface area contributed by atoms with Gasteiger partial charge in [0.25, 0.3) is 0 Å². The quantitative estimate of drug-likeness (QED) is 0.525. The average Bonchev–Trinajstić information content (AvgIpc) is 2.77. The molecule has 2 N–H and O–H groups in total. The van der Waals surface area contributed by atoms with E-state index in [4.69, 9.17) is 4.74 Å². The van der Waals surface area contributed by atoms with Crippen molar-refractivity contribution in [1.29, 1.82) is 0 Å². The molecular weight excluding hydrogens is 395 g/mol. The summed E-state index contributed by atoms with van der Waals surface area (Å²) in [6.45, 7) is 4.01. The van der Waals surface area contributed by atoms with Crippen molar-refractivity contribution in [3.8, 4) is 5.75 Å². The topological polar surface area (TPSA) is 60.3 Å². The number of piperidine rings is 1. The van der Waals surface area contributed by atoms with Crippen LogP contribution in [-0.4, -0.2) is 61.3 Å². The lowest BCUT2D eigenvalue weighted by Gasteiger charge is -2.29. The third-order valence-corrected chi connectivity index (χ3v) is 5.65. The first-order valence-corrected chi connectivity index (χ1v) is 10.7. The molecule has 0 radical (unpaired) electrons. The third-order valence-electron chi connectivity index (χ3n) is 5.65. The van der Waals surface area contributed by atoms with E-state index in [2.05, 4.69) is 39.5 Å². The van der Waals surface area contributed by atoms with Crippen molar-refractivity contribution in [2.75, 3.05) is 34.3 Å². The Kier molecular flexibility index (Phi) is 8.26. The van der Waals surface area contributed by atoms with Crippen molar-refractivity contribution in [2.45, 2.75) is 38.6 Å². The lowest BCUT2D eigenvalue weighted by Crippen LogP contribution is -2.38. The van der Waals surface area contributed by atoms with Crippen LogP contribution >= 0.6 is 0 Å². The van der Waals surface area contributed by atoms with E-state index in [0.717, 1.165) is 44.0 Å². The predicted octanol–water partition coefficient (Wildman–Crippen LogP) is 3.00. The van der Waals surface area contributed by atoms with E-state index in [9.17, 15) is 9.50 Å². The second kappa shape index (κ2) is 11.1. The molecule has 3 rings (SSSR count). The number of rotatable bonds is 7. The number of halogens is 1.